The molecule has 0 aromatic carbocycles. The van der Waals surface area contributed by atoms with Crippen molar-refractivity contribution in [2.75, 3.05) is 40.3 Å². The van der Waals surface area contributed by atoms with Crippen LogP contribution in [0.25, 0.3) is 0 Å². The first-order chi connectivity index (χ1) is 11.4. The van der Waals surface area contributed by atoms with Crippen molar-refractivity contribution >= 4 is 29.9 Å². The van der Waals surface area contributed by atoms with E-state index in [1.807, 2.05) is 17.9 Å². The molecule has 1 fully saturated rings. The molecule has 144 valence electrons. The van der Waals surface area contributed by atoms with E-state index in [-0.39, 0.29) is 35.6 Å². The van der Waals surface area contributed by atoms with Gasteiger partial charge in [-0.1, -0.05) is 0 Å². The molecule has 0 spiro atoms. The third-order valence-electron chi connectivity index (χ3n) is 4.41. The van der Waals surface area contributed by atoms with Gasteiger partial charge in [-0.2, -0.15) is 5.10 Å². The second-order valence-corrected chi connectivity index (χ2v) is 6.90. The summed E-state index contributed by atoms with van der Waals surface area (Å²) < 4.78 is 7.66. The number of likely N-dealkylation sites (N-methyl/N-ethyl adjacent to an activating group) is 1. The Hall–Kier alpha value is -0.870. The molecule has 2 N–H and O–H groups in total. The molecular weight excluding hydrogens is 431 g/mol. The summed E-state index contributed by atoms with van der Waals surface area (Å²) in [6.07, 6.45) is 6.18. The fourth-order valence-corrected chi connectivity index (χ4v) is 2.95. The number of aliphatic imine (C=N–C) groups is 1. The summed E-state index contributed by atoms with van der Waals surface area (Å²) >= 11 is 0. The third kappa shape index (κ3) is 6.74. The van der Waals surface area contributed by atoms with Crippen LogP contribution in [0.3, 0.4) is 0 Å². The maximum absolute atomic E-state index is 5.82. The molecule has 0 saturated carbocycles. The average Bonchev–Trinajstić information content (AvgIpc) is 3.14. The maximum Gasteiger partial charge on any atom is 0.191 e. The van der Waals surface area contributed by atoms with Gasteiger partial charge in [-0.3, -0.25) is 9.67 Å². The molecule has 1 saturated heterocycles. The van der Waals surface area contributed by atoms with Crippen LogP contribution >= 0.6 is 24.0 Å². The molecule has 0 bridgehead atoms. The number of guanidine groups is 1. The van der Waals surface area contributed by atoms with E-state index in [1.54, 1.807) is 0 Å². The Balaban J connectivity index is 0.00000312. The molecule has 0 amide bonds. The molecular formula is C17H33IN6O. The van der Waals surface area contributed by atoms with Gasteiger partial charge in [0.25, 0.3) is 0 Å². The lowest BCUT2D eigenvalue weighted by Crippen LogP contribution is -2.42. The highest BCUT2D eigenvalue weighted by molar-refractivity contribution is 14.0. The average molecular weight is 464 g/mol. The van der Waals surface area contributed by atoms with Gasteiger partial charge >= 0.3 is 0 Å². The molecule has 1 aromatic rings. The number of rotatable bonds is 7. The lowest BCUT2D eigenvalue weighted by Gasteiger charge is -2.25. The summed E-state index contributed by atoms with van der Waals surface area (Å²) in [7, 11) is 6.10. The summed E-state index contributed by atoms with van der Waals surface area (Å²) in [4.78, 5) is 6.92. The molecule has 8 heteroatoms. The topological polar surface area (TPSA) is 66.7 Å². The van der Waals surface area contributed by atoms with Crippen molar-refractivity contribution in [2.24, 2.45) is 12.0 Å². The van der Waals surface area contributed by atoms with Gasteiger partial charge in [-0.25, -0.2) is 0 Å². The minimum atomic E-state index is -0.118. The van der Waals surface area contributed by atoms with Crippen LogP contribution in [0.4, 0.5) is 0 Å². The van der Waals surface area contributed by atoms with Gasteiger partial charge in [0.15, 0.2) is 5.96 Å². The third-order valence-corrected chi connectivity index (χ3v) is 4.41. The van der Waals surface area contributed by atoms with E-state index in [4.69, 9.17) is 9.73 Å². The van der Waals surface area contributed by atoms with E-state index in [0.717, 1.165) is 38.5 Å². The Bertz CT molecular complexity index is 539. The van der Waals surface area contributed by atoms with Gasteiger partial charge in [-0.15, -0.1) is 24.0 Å². The highest BCUT2D eigenvalue weighted by Gasteiger charge is 2.29. The molecule has 2 unspecified atom stereocenters. The van der Waals surface area contributed by atoms with Crippen molar-refractivity contribution in [1.82, 2.24) is 25.3 Å². The van der Waals surface area contributed by atoms with Gasteiger partial charge in [0.05, 0.1) is 24.4 Å². The van der Waals surface area contributed by atoms with E-state index < -0.39 is 0 Å². The predicted octanol–water partition coefficient (Wildman–Crippen LogP) is 1.76. The fourth-order valence-electron chi connectivity index (χ4n) is 2.95. The molecule has 0 radical (unpaired) electrons. The number of nitrogens with zero attached hydrogens (tertiary/aromatic N) is 4. The second-order valence-electron chi connectivity index (χ2n) is 6.90. The number of halogens is 1. The van der Waals surface area contributed by atoms with Crippen LogP contribution in [0.5, 0.6) is 0 Å². The van der Waals surface area contributed by atoms with Crippen LogP contribution in [-0.4, -0.2) is 66.6 Å². The second kappa shape index (κ2) is 10.3. The molecule has 7 nitrogen and oxygen atoms in total. The zero-order valence-electron chi connectivity index (χ0n) is 16.1. The standard InChI is InChI=1S/C17H32N6O.HI/c1-6-18-16(20-13-17(2)8-7-9-24-17)19-11-15(22(3)4)14-10-21-23(5)12-14;/h10,12,15H,6-9,11,13H2,1-5H3,(H2,18,19,20);1H. The monoisotopic (exact) mass is 464 g/mol. The summed E-state index contributed by atoms with van der Waals surface area (Å²) in [5.41, 5.74) is 1.07. The summed E-state index contributed by atoms with van der Waals surface area (Å²) in [6, 6.07) is 0.237. The minimum absolute atomic E-state index is 0. The van der Waals surface area contributed by atoms with Crippen LogP contribution in [0.2, 0.25) is 0 Å². The number of hydrogen-bond donors (Lipinski definition) is 2. The molecule has 0 aliphatic carbocycles. The first-order valence-electron chi connectivity index (χ1n) is 8.74. The van der Waals surface area contributed by atoms with Crippen molar-refractivity contribution in [3.8, 4) is 0 Å². The van der Waals surface area contributed by atoms with E-state index in [2.05, 4.69) is 54.8 Å². The molecule has 2 heterocycles. The first kappa shape index (κ1) is 22.2. The quantitative estimate of drug-likeness (QED) is 0.366. The molecule has 25 heavy (non-hydrogen) atoms. The molecule has 1 aliphatic heterocycles. The Labute approximate surface area is 168 Å². The highest BCUT2D eigenvalue weighted by Crippen LogP contribution is 2.25. The molecule has 2 atom stereocenters. The lowest BCUT2D eigenvalue weighted by atomic mass is 10.0. The van der Waals surface area contributed by atoms with Crippen molar-refractivity contribution in [3.05, 3.63) is 18.0 Å². The van der Waals surface area contributed by atoms with Crippen LogP contribution in [-0.2, 0) is 11.8 Å². The fraction of sp³-hybridized carbons (Fsp3) is 0.765. The number of aromatic nitrogens is 2. The highest BCUT2D eigenvalue weighted by atomic mass is 127. The van der Waals surface area contributed by atoms with Crippen LogP contribution in [0.15, 0.2) is 17.4 Å². The van der Waals surface area contributed by atoms with Crippen LogP contribution in [0.1, 0.15) is 38.3 Å². The summed E-state index contributed by atoms with van der Waals surface area (Å²) in [5.74, 6) is 0.838. The van der Waals surface area contributed by atoms with Crippen molar-refractivity contribution in [2.45, 2.75) is 38.3 Å². The minimum Gasteiger partial charge on any atom is -0.373 e. The summed E-state index contributed by atoms with van der Waals surface area (Å²) in [6.45, 7) is 7.35. The van der Waals surface area contributed by atoms with Crippen molar-refractivity contribution in [1.29, 1.82) is 0 Å². The Morgan fingerprint density at radius 2 is 2.24 bits per heavy atom. The maximum atomic E-state index is 5.82. The van der Waals surface area contributed by atoms with E-state index >= 15 is 0 Å². The first-order valence-corrected chi connectivity index (χ1v) is 8.74. The van der Waals surface area contributed by atoms with E-state index in [1.165, 1.54) is 5.56 Å². The Morgan fingerprint density at radius 1 is 1.48 bits per heavy atom. The van der Waals surface area contributed by atoms with Gasteiger partial charge in [0.1, 0.15) is 0 Å². The van der Waals surface area contributed by atoms with Gasteiger partial charge in [0.2, 0.25) is 0 Å². The Kier molecular flexibility index (Phi) is 9.15. The molecule has 1 aromatic heterocycles. The number of ether oxygens (including phenoxy) is 1. The summed E-state index contributed by atoms with van der Waals surface area (Å²) in [5, 5.41) is 11.1. The van der Waals surface area contributed by atoms with Gasteiger partial charge in [-0.05, 0) is 40.8 Å². The van der Waals surface area contributed by atoms with E-state index in [0.29, 0.717) is 6.54 Å². The zero-order chi connectivity index (χ0) is 17.6. The van der Waals surface area contributed by atoms with Crippen molar-refractivity contribution in [3.63, 3.8) is 0 Å². The van der Waals surface area contributed by atoms with Crippen LogP contribution in [0, 0.1) is 0 Å². The van der Waals surface area contributed by atoms with E-state index in [9.17, 15) is 0 Å². The number of nitrogens with one attached hydrogen (secondary N) is 2. The SMILES string of the molecule is CCNC(=NCC1(C)CCCO1)NCC(c1cnn(C)c1)N(C)C.I. The largest absolute Gasteiger partial charge is 0.373 e. The van der Waals surface area contributed by atoms with Crippen LogP contribution < -0.4 is 10.6 Å². The van der Waals surface area contributed by atoms with Crippen molar-refractivity contribution < 1.29 is 4.74 Å². The predicted molar refractivity (Wildman–Crippen MR) is 113 cm³/mol. The Morgan fingerprint density at radius 3 is 2.76 bits per heavy atom. The molecule has 2 rings (SSSR count). The number of hydrogen-bond acceptors (Lipinski definition) is 4. The van der Waals surface area contributed by atoms with Gasteiger partial charge in [0, 0.05) is 38.5 Å². The smallest absolute Gasteiger partial charge is 0.191 e. The normalized spacial score (nSPS) is 21.9. The number of aryl methyl sites for hydroxylation is 1. The lowest BCUT2D eigenvalue weighted by molar-refractivity contribution is 0.0283. The zero-order valence-corrected chi connectivity index (χ0v) is 18.4. The van der Waals surface area contributed by atoms with Gasteiger partial charge < -0.3 is 20.3 Å². The molecule has 1 aliphatic rings.